The molecule has 1 fully saturated rings. The standard InChI is InChI=1S/C20H18ClFN4O2S/c21-16-6-1-2-7-17(16)28-11-18-24-25-20(26(18)15-8-9-15)29-12-19(27)23-14-5-3-4-13(22)10-14/h1-7,10,15H,8-9,11-12H2,(H,23,27). The van der Waals surface area contributed by atoms with Crippen LogP contribution in [-0.2, 0) is 11.4 Å². The minimum absolute atomic E-state index is 0.146. The summed E-state index contributed by atoms with van der Waals surface area (Å²) >= 11 is 7.43. The minimum Gasteiger partial charge on any atom is -0.484 e. The van der Waals surface area contributed by atoms with Crippen molar-refractivity contribution in [3.8, 4) is 5.75 Å². The fraction of sp³-hybridized carbons (Fsp3) is 0.250. The Hall–Kier alpha value is -2.58. The Labute approximate surface area is 176 Å². The first-order chi connectivity index (χ1) is 14.1. The van der Waals surface area contributed by atoms with Crippen molar-refractivity contribution < 1.29 is 13.9 Å². The lowest BCUT2D eigenvalue weighted by atomic mass is 10.3. The van der Waals surface area contributed by atoms with E-state index >= 15 is 0 Å². The Kier molecular flexibility index (Phi) is 6.01. The molecule has 0 bridgehead atoms. The van der Waals surface area contributed by atoms with Crippen LogP contribution in [0.5, 0.6) is 5.75 Å². The normalized spacial score (nSPS) is 13.3. The highest BCUT2D eigenvalue weighted by Crippen LogP contribution is 2.39. The predicted molar refractivity (Wildman–Crippen MR) is 110 cm³/mol. The van der Waals surface area contributed by atoms with Gasteiger partial charge in [0.25, 0.3) is 0 Å². The topological polar surface area (TPSA) is 69.0 Å². The summed E-state index contributed by atoms with van der Waals surface area (Å²) in [5.41, 5.74) is 0.424. The summed E-state index contributed by atoms with van der Waals surface area (Å²) in [6.07, 6.45) is 2.08. The van der Waals surface area contributed by atoms with Crippen molar-refractivity contribution in [1.82, 2.24) is 14.8 Å². The lowest BCUT2D eigenvalue weighted by molar-refractivity contribution is -0.113. The molecule has 150 valence electrons. The van der Waals surface area contributed by atoms with Crippen LogP contribution in [-0.4, -0.2) is 26.4 Å². The number of para-hydroxylation sites is 1. The van der Waals surface area contributed by atoms with Crippen molar-refractivity contribution in [3.05, 3.63) is 65.2 Å². The number of carbonyl (C=O) groups excluding carboxylic acids is 1. The number of nitrogens with one attached hydrogen (secondary N) is 1. The fourth-order valence-corrected chi connectivity index (χ4v) is 3.82. The number of anilines is 1. The third kappa shape index (κ3) is 5.07. The number of halogens is 2. The maximum Gasteiger partial charge on any atom is 0.234 e. The molecule has 0 unspecified atom stereocenters. The van der Waals surface area contributed by atoms with Gasteiger partial charge in [-0.3, -0.25) is 9.36 Å². The molecule has 1 heterocycles. The number of carbonyl (C=O) groups is 1. The molecule has 0 radical (unpaired) electrons. The summed E-state index contributed by atoms with van der Waals surface area (Å²) < 4.78 is 21.1. The largest absolute Gasteiger partial charge is 0.484 e. The molecule has 29 heavy (non-hydrogen) atoms. The Morgan fingerprint density at radius 1 is 1.24 bits per heavy atom. The van der Waals surface area contributed by atoms with E-state index in [0.717, 1.165) is 12.8 Å². The van der Waals surface area contributed by atoms with Gasteiger partial charge in [0.15, 0.2) is 11.0 Å². The molecular weight excluding hydrogens is 415 g/mol. The number of amides is 1. The SMILES string of the molecule is O=C(CSc1nnc(COc2ccccc2Cl)n1C1CC1)Nc1cccc(F)c1. The van der Waals surface area contributed by atoms with Crippen LogP contribution < -0.4 is 10.1 Å². The summed E-state index contributed by atoms with van der Waals surface area (Å²) in [4.78, 5) is 12.2. The van der Waals surface area contributed by atoms with Gasteiger partial charge in [-0.25, -0.2) is 4.39 Å². The molecule has 3 aromatic rings. The summed E-state index contributed by atoms with van der Waals surface area (Å²) in [5, 5.41) is 12.3. The number of rotatable bonds is 8. The molecule has 1 aromatic heterocycles. The van der Waals surface area contributed by atoms with Gasteiger partial charge in [-0.1, -0.05) is 41.6 Å². The van der Waals surface area contributed by atoms with Crippen LogP contribution in [0.25, 0.3) is 0 Å². The van der Waals surface area contributed by atoms with Gasteiger partial charge in [0, 0.05) is 11.7 Å². The average Bonchev–Trinajstić information content (AvgIpc) is 3.46. The van der Waals surface area contributed by atoms with Gasteiger partial charge >= 0.3 is 0 Å². The highest BCUT2D eigenvalue weighted by atomic mass is 35.5. The van der Waals surface area contributed by atoms with Crippen LogP contribution in [0.3, 0.4) is 0 Å². The van der Waals surface area contributed by atoms with Gasteiger partial charge in [-0.15, -0.1) is 10.2 Å². The van der Waals surface area contributed by atoms with E-state index in [-0.39, 0.29) is 18.3 Å². The maximum absolute atomic E-state index is 13.2. The van der Waals surface area contributed by atoms with Crippen molar-refractivity contribution in [3.63, 3.8) is 0 Å². The van der Waals surface area contributed by atoms with E-state index < -0.39 is 5.82 Å². The number of benzene rings is 2. The second-order valence-electron chi connectivity index (χ2n) is 6.57. The van der Waals surface area contributed by atoms with Crippen molar-refractivity contribution in [2.75, 3.05) is 11.1 Å². The van der Waals surface area contributed by atoms with E-state index in [1.54, 1.807) is 24.3 Å². The number of nitrogens with zero attached hydrogens (tertiary/aromatic N) is 3. The molecule has 0 atom stereocenters. The van der Waals surface area contributed by atoms with E-state index in [9.17, 15) is 9.18 Å². The zero-order valence-electron chi connectivity index (χ0n) is 15.3. The van der Waals surface area contributed by atoms with E-state index in [1.807, 2.05) is 16.7 Å². The molecule has 9 heteroatoms. The van der Waals surface area contributed by atoms with E-state index in [0.29, 0.717) is 33.5 Å². The van der Waals surface area contributed by atoms with Gasteiger partial charge in [-0.2, -0.15) is 0 Å². The molecule has 6 nitrogen and oxygen atoms in total. The third-order valence-electron chi connectivity index (χ3n) is 4.28. The molecule has 4 rings (SSSR count). The molecule has 0 aliphatic heterocycles. The molecular formula is C20H18ClFN4O2S. The summed E-state index contributed by atoms with van der Waals surface area (Å²) in [6.45, 7) is 0.239. The van der Waals surface area contributed by atoms with E-state index in [1.165, 1.54) is 23.9 Å². The van der Waals surface area contributed by atoms with Crippen LogP contribution >= 0.6 is 23.4 Å². The molecule has 1 aliphatic rings. The van der Waals surface area contributed by atoms with E-state index in [4.69, 9.17) is 16.3 Å². The Morgan fingerprint density at radius 3 is 2.83 bits per heavy atom. The second kappa shape index (κ2) is 8.84. The smallest absolute Gasteiger partial charge is 0.234 e. The first kappa shape index (κ1) is 19.7. The molecule has 1 N–H and O–H groups in total. The number of ether oxygens (including phenoxy) is 1. The number of thioether (sulfide) groups is 1. The van der Waals surface area contributed by atoms with Crippen molar-refractivity contribution in [1.29, 1.82) is 0 Å². The first-order valence-electron chi connectivity index (χ1n) is 9.09. The maximum atomic E-state index is 13.2. The van der Waals surface area contributed by atoms with Gasteiger partial charge in [0.1, 0.15) is 18.2 Å². The van der Waals surface area contributed by atoms with E-state index in [2.05, 4.69) is 15.5 Å². The molecule has 0 spiro atoms. The monoisotopic (exact) mass is 432 g/mol. The number of hydrogen-bond donors (Lipinski definition) is 1. The quantitative estimate of drug-likeness (QED) is 0.522. The summed E-state index contributed by atoms with van der Waals surface area (Å²) in [6, 6.07) is 13.4. The van der Waals surface area contributed by atoms with Crippen LogP contribution in [0, 0.1) is 5.82 Å². The second-order valence-corrected chi connectivity index (χ2v) is 7.92. The molecule has 0 saturated heterocycles. The Bertz CT molecular complexity index is 1030. The lowest BCUT2D eigenvalue weighted by Gasteiger charge is -2.11. The van der Waals surface area contributed by atoms with Crippen LogP contribution in [0.2, 0.25) is 5.02 Å². The first-order valence-corrected chi connectivity index (χ1v) is 10.5. The van der Waals surface area contributed by atoms with Gasteiger partial charge in [0.05, 0.1) is 10.8 Å². The van der Waals surface area contributed by atoms with Gasteiger partial charge in [0.2, 0.25) is 5.91 Å². The van der Waals surface area contributed by atoms with Crippen LogP contribution in [0.15, 0.2) is 53.7 Å². The highest BCUT2D eigenvalue weighted by Gasteiger charge is 2.30. The third-order valence-corrected chi connectivity index (χ3v) is 5.54. The van der Waals surface area contributed by atoms with Gasteiger partial charge in [-0.05, 0) is 43.2 Å². The minimum atomic E-state index is -0.396. The fourth-order valence-electron chi connectivity index (χ4n) is 2.80. The highest BCUT2D eigenvalue weighted by molar-refractivity contribution is 7.99. The van der Waals surface area contributed by atoms with Crippen molar-refractivity contribution >= 4 is 35.0 Å². The predicted octanol–water partition coefficient (Wildman–Crippen LogP) is 4.72. The number of hydrogen-bond acceptors (Lipinski definition) is 5. The molecule has 1 amide bonds. The molecule has 1 saturated carbocycles. The zero-order valence-corrected chi connectivity index (χ0v) is 16.9. The molecule has 1 aliphatic carbocycles. The van der Waals surface area contributed by atoms with Crippen molar-refractivity contribution in [2.45, 2.75) is 30.6 Å². The van der Waals surface area contributed by atoms with Gasteiger partial charge < -0.3 is 10.1 Å². The number of aromatic nitrogens is 3. The summed E-state index contributed by atoms with van der Waals surface area (Å²) in [7, 11) is 0. The van der Waals surface area contributed by atoms with Crippen molar-refractivity contribution in [2.24, 2.45) is 0 Å². The Balaban J connectivity index is 1.39. The van der Waals surface area contributed by atoms with Crippen LogP contribution in [0.4, 0.5) is 10.1 Å². The molecule has 2 aromatic carbocycles. The lowest BCUT2D eigenvalue weighted by Crippen LogP contribution is -2.15. The Morgan fingerprint density at radius 2 is 2.07 bits per heavy atom. The average molecular weight is 433 g/mol. The summed E-state index contributed by atoms with van der Waals surface area (Å²) in [5.74, 6) is 0.794. The zero-order chi connectivity index (χ0) is 20.2. The van der Waals surface area contributed by atoms with Crippen LogP contribution in [0.1, 0.15) is 24.7 Å².